The summed E-state index contributed by atoms with van der Waals surface area (Å²) in [4.78, 5) is 11.2. The molecule has 6 heteroatoms. The summed E-state index contributed by atoms with van der Waals surface area (Å²) in [5.41, 5.74) is 1.41. The molecule has 2 N–H and O–H groups in total. The molecular formula is C20H20F3NO2. The number of halogens is 3. The van der Waals surface area contributed by atoms with Crippen LogP contribution in [0.25, 0.3) is 11.1 Å². The van der Waals surface area contributed by atoms with Crippen LogP contribution in [0.1, 0.15) is 43.0 Å². The van der Waals surface area contributed by atoms with Crippen LogP contribution < -0.4 is 5.32 Å². The first kappa shape index (κ1) is 18.3. The maximum absolute atomic E-state index is 13.3. The van der Waals surface area contributed by atoms with Gasteiger partial charge in [-0.3, -0.25) is 0 Å². The molecule has 0 heterocycles. The zero-order valence-electron chi connectivity index (χ0n) is 14.5. The predicted molar refractivity (Wildman–Crippen MR) is 92.9 cm³/mol. The first-order valence-electron chi connectivity index (χ1n) is 8.38. The van der Waals surface area contributed by atoms with Crippen molar-refractivity contribution >= 4 is 6.09 Å². The summed E-state index contributed by atoms with van der Waals surface area (Å²) in [7, 11) is 0. The Balaban J connectivity index is 2.08. The van der Waals surface area contributed by atoms with E-state index >= 15 is 0 Å². The Bertz CT molecular complexity index is 843. The maximum Gasteiger partial charge on any atom is 0.417 e. The third-order valence-electron chi connectivity index (χ3n) is 5.09. The highest BCUT2D eigenvalue weighted by Gasteiger charge is 2.38. The van der Waals surface area contributed by atoms with Gasteiger partial charge in [-0.15, -0.1) is 0 Å². The average Bonchev–Trinajstić information content (AvgIpc) is 2.56. The fraction of sp³-hybridized carbons (Fsp3) is 0.350. The van der Waals surface area contributed by atoms with Crippen LogP contribution >= 0.6 is 0 Å². The highest BCUT2D eigenvalue weighted by Crippen LogP contribution is 2.45. The van der Waals surface area contributed by atoms with E-state index < -0.39 is 23.9 Å². The Morgan fingerprint density at radius 3 is 2.54 bits per heavy atom. The quantitative estimate of drug-likeness (QED) is 0.724. The minimum atomic E-state index is -4.43. The molecule has 0 bridgehead atoms. The normalized spacial score (nSPS) is 18.9. The molecule has 0 aromatic heterocycles. The molecular weight excluding hydrogens is 343 g/mol. The van der Waals surface area contributed by atoms with E-state index in [0.717, 1.165) is 23.6 Å². The minimum absolute atomic E-state index is 0.135. The van der Waals surface area contributed by atoms with Crippen molar-refractivity contribution in [3.8, 4) is 11.1 Å². The molecule has 0 spiro atoms. The largest absolute Gasteiger partial charge is 0.465 e. The van der Waals surface area contributed by atoms with E-state index in [-0.39, 0.29) is 11.0 Å². The summed E-state index contributed by atoms with van der Waals surface area (Å²) < 4.78 is 39.9. The van der Waals surface area contributed by atoms with Crippen LogP contribution in [0.3, 0.4) is 0 Å². The number of hydrogen-bond donors (Lipinski definition) is 2. The topological polar surface area (TPSA) is 49.3 Å². The number of benzene rings is 2. The van der Waals surface area contributed by atoms with Crippen molar-refractivity contribution in [1.82, 2.24) is 5.32 Å². The van der Waals surface area contributed by atoms with Gasteiger partial charge in [0, 0.05) is 0 Å². The second-order valence-corrected chi connectivity index (χ2v) is 7.33. The van der Waals surface area contributed by atoms with Gasteiger partial charge in [0.15, 0.2) is 0 Å². The Hall–Kier alpha value is -2.50. The zero-order chi connectivity index (χ0) is 19.1. The van der Waals surface area contributed by atoms with Crippen molar-refractivity contribution in [3.63, 3.8) is 0 Å². The van der Waals surface area contributed by atoms with Crippen LogP contribution in [0.2, 0.25) is 0 Å². The fourth-order valence-corrected chi connectivity index (χ4v) is 3.67. The van der Waals surface area contributed by atoms with Crippen LogP contribution in [0.4, 0.5) is 18.0 Å². The van der Waals surface area contributed by atoms with Crippen molar-refractivity contribution in [2.45, 2.75) is 38.9 Å². The van der Waals surface area contributed by atoms with Gasteiger partial charge in [0.25, 0.3) is 0 Å². The van der Waals surface area contributed by atoms with E-state index in [1.165, 1.54) is 12.1 Å². The molecule has 138 valence electrons. The Labute approximate surface area is 149 Å². The molecule has 26 heavy (non-hydrogen) atoms. The smallest absolute Gasteiger partial charge is 0.417 e. The monoisotopic (exact) mass is 363 g/mol. The number of amides is 1. The molecule has 1 unspecified atom stereocenters. The molecule has 1 amide bonds. The first-order valence-corrected chi connectivity index (χ1v) is 8.38. The number of aryl methyl sites for hydroxylation is 1. The van der Waals surface area contributed by atoms with E-state index in [2.05, 4.69) is 5.32 Å². The minimum Gasteiger partial charge on any atom is -0.465 e. The number of fused-ring (bicyclic) bond motifs is 1. The molecule has 2 aromatic carbocycles. The third-order valence-corrected chi connectivity index (χ3v) is 5.09. The van der Waals surface area contributed by atoms with Crippen molar-refractivity contribution in [2.75, 3.05) is 0 Å². The Kier molecular flexibility index (Phi) is 4.46. The maximum atomic E-state index is 13.3. The third kappa shape index (κ3) is 3.41. The Morgan fingerprint density at radius 2 is 1.88 bits per heavy atom. The molecule has 0 saturated heterocycles. The molecule has 0 aliphatic heterocycles. The van der Waals surface area contributed by atoms with Gasteiger partial charge in [0.2, 0.25) is 0 Å². The van der Waals surface area contributed by atoms with Crippen LogP contribution in [-0.2, 0) is 12.6 Å². The number of carbonyl (C=O) groups is 1. The van der Waals surface area contributed by atoms with Crippen LogP contribution in [0.15, 0.2) is 42.5 Å². The van der Waals surface area contributed by atoms with Crippen LogP contribution in [-0.4, -0.2) is 11.2 Å². The Morgan fingerprint density at radius 1 is 1.19 bits per heavy atom. The van der Waals surface area contributed by atoms with Gasteiger partial charge in [-0.25, -0.2) is 4.79 Å². The average molecular weight is 363 g/mol. The first-order chi connectivity index (χ1) is 12.1. The van der Waals surface area contributed by atoms with Crippen LogP contribution in [0.5, 0.6) is 0 Å². The number of carboxylic acid groups (broad SMARTS) is 1. The summed E-state index contributed by atoms with van der Waals surface area (Å²) in [5.74, 6) is 0. The molecule has 1 atom stereocenters. The highest BCUT2D eigenvalue weighted by atomic mass is 19.4. The lowest BCUT2D eigenvalue weighted by Crippen LogP contribution is -2.40. The lowest BCUT2D eigenvalue weighted by molar-refractivity contribution is -0.137. The summed E-state index contributed by atoms with van der Waals surface area (Å²) in [6, 6.07) is 10.3. The number of hydrogen-bond acceptors (Lipinski definition) is 1. The van der Waals surface area contributed by atoms with E-state index in [9.17, 15) is 18.0 Å². The number of nitrogens with one attached hydrogen (secondary N) is 1. The highest BCUT2D eigenvalue weighted by molar-refractivity contribution is 5.70. The standard InChI is InChI=1S/C20H20F3NO2/c1-19(2)10-9-13-11-12(7-8-15(13)17(19)24-18(25)26)14-5-3-4-6-16(14)20(21,22)23/h3-8,11,17,24H,9-10H2,1-2H3,(H,25,26). The predicted octanol–water partition coefficient (Wildman–Crippen LogP) is 5.65. The zero-order valence-corrected chi connectivity index (χ0v) is 14.5. The lowest BCUT2D eigenvalue weighted by atomic mass is 9.70. The fourth-order valence-electron chi connectivity index (χ4n) is 3.67. The second-order valence-electron chi connectivity index (χ2n) is 7.33. The molecule has 3 nitrogen and oxygen atoms in total. The number of rotatable bonds is 2. The number of alkyl halides is 3. The molecule has 1 aliphatic carbocycles. The van der Waals surface area contributed by atoms with Crippen molar-refractivity contribution in [1.29, 1.82) is 0 Å². The van der Waals surface area contributed by atoms with Gasteiger partial charge in [0.1, 0.15) is 0 Å². The summed E-state index contributed by atoms with van der Waals surface area (Å²) in [6.07, 6.45) is -4.10. The van der Waals surface area contributed by atoms with E-state index in [0.29, 0.717) is 12.0 Å². The molecule has 3 rings (SSSR count). The van der Waals surface area contributed by atoms with Gasteiger partial charge >= 0.3 is 12.3 Å². The van der Waals surface area contributed by atoms with Crippen LogP contribution in [0, 0.1) is 5.41 Å². The summed E-state index contributed by atoms with van der Waals surface area (Å²) in [6.45, 7) is 3.98. The van der Waals surface area contributed by atoms with Gasteiger partial charge in [-0.1, -0.05) is 50.2 Å². The molecule has 0 radical (unpaired) electrons. The molecule has 1 aliphatic rings. The summed E-state index contributed by atoms with van der Waals surface area (Å²) in [5, 5.41) is 11.7. The van der Waals surface area contributed by atoms with Crippen molar-refractivity contribution in [3.05, 3.63) is 59.2 Å². The van der Waals surface area contributed by atoms with Crippen molar-refractivity contribution < 1.29 is 23.1 Å². The van der Waals surface area contributed by atoms with Gasteiger partial charge in [-0.2, -0.15) is 13.2 Å². The van der Waals surface area contributed by atoms with E-state index in [1.54, 1.807) is 24.3 Å². The summed E-state index contributed by atoms with van der Waals surface area (Å²) >= 11 is 0. The SMILES string of the molecule is CC1(C)CCc2cc(-c3ccccc3C(F)(F)F)ccc2C1NC(=O)O. The molecule has 2 aromatic rings. The van der Waals surface area contributed by atoms with E-state index in [4.69, 9.17) is 5.11 Å². The molecule has 0 saturated carbocycles. The lowest BCUT2D eigenvalue weighted by Gasteiger charge is -2.40. The van der Waals surface area contributed by atoms with Gasteiger partial charge < -0.3 is 10.4 Å². The van der Waals surface area contributed by atoms with E-state index in [1.807, 2.05) is 13.8 Å². The second kappa shape index (κ2) is 6.34. The molecule has 0 fully saturated rings. The van der Waals surface area contributed by atoms with Crippen molar-refractivity contribution in [2.24, 2.45) is 5.41 Å². The van der Waals surface area contributed by atoms with Gasteiger partial charge in [-0.05, 0) is 46.6 Å². The van der Waals surface area contributed by atoms with Gasteiger partial charge in [0.05, 0.1) is 11.6 Å².